The van der Waals surface area contributed by atoms with Gasteiger partial charge in [0.05, 0.1) is 7.11 Å². The Kier molecular flexibility index (Phi) is 4.64. The molecule has 0 saturated carbocycles. The molecule has 1 atom stereocenters. The zero-order valence-electron chi connectivity index (χ0n) is 9.73. The number of aliphatic hydroxyl groups is 1. The summed E-state index contributed by atoms with van der Waals surface area (Å²) < 4.78 is 7.16. The maximum Gasteiger partial charge on any atom is 0.119 e. The number of aliphatic hydroxyl groups excluding tert-OH is 1. The summed E-state index contributed by atoms with van der Waals surface area (Å²) in [5.74, 6) is 0.744. The molecule has 0 aromatic heterocycles. The molecular weight excluding hydrogens is 407 g/mol. The second-order valence-corrected chi connectivity index (χ2v) is 5.94. The molecule has 0 fully saturated rings. The van der Waals surface area contributed by atoms with Gasteiger partial charge in [0.2, 0.25) is 0 Å². The molecule has 0 bridgehead atoms. The summed E-state index contributed by atoms with van der Waals surface area (Å²) in [5.41, 5.74) is 1.67. The van der Waals surface area contributed by atoms with Crippen molar-refractivity contribution in [1.82, 2.24) is 0 Å². The van der Waals surface area contributed by atoms with Gasteiger partial charge in [0, 0.05) is 13.6 Å². The van der Waals surface area contributed by atoms with Crippen molar-refractivity contribution < 1.29 is 9.84 Å². The van der Waals surface area contributed by atoms with Gasteiger partial charge >= 0.3 is 0 Å². The lowest BCUT2D eigenvalue weighted by Gasteiger charge is -2.14. The molecule has 1 unspecified atom stereocenters. The highest BCUT2D eigenvalue weighted by molar-refractivity contribution is 14.1. The highest BCUT2D eigenvalue weighted by Gasteiger charge is 2.14. The van der Waals surface area contributed by atoms with Gasteiger partial charge in [-0.3, -0.25) is 0 Å². The zero-order chi connectivity index (χ0) is 13.1. The molecule has 0 spiro atoms. The van der Waals surface area contributed by atoms with Crippen LogP contribution >= 0.6 is 38.5 Å². The average Bonchev–Trinajstić information content (AvgIpc) is 2.41. The molecule has 0 radical (unpaired) electrons. The van der Waals surface area contributed by atoms with E-state index >= 15 is 0 Å². The third-order valence-corrected chi connectivity index (χ3v) is 4.06. The second kappa shape index (κ2) is 6.04. The molecule has 0 saturated heterocycles. The molecule has 2 nitrogen and oxygen atoms in total. The van der Waals surface area contributed by atoms with Crippen molar-refractivity contribution in [3.05, 3.63) is 61.6 Å². The molecule has 4 heteroatoms. The van der Waals surface area contributed by atoms with E-state index < -0.39 is 6.10 Å². The maximum atomic E-state index is 10.4. The average molecular weight is 419 g/mol. The van der Waals surface area contributed by atoms with Crippen LogP contribution in [-0.4, -0.2) is 12.2 Å². The number of hydrogen-bond donors (Lipinski definition) is 1. The Morgan fingerprint density at radius 3 is 2.72 bits per heavy atom. The van der Waals surface area contributed by atoms with E-state index in [4.69, 9.17) is 4.74 Å². The first-order valence-electron chi connectivity index (χ1n) is 5.39. The molecule has 2 aromatic carbocycles. The minimum Gasteiger partial charge on any atom is -0.497 e. The van der Waals surface area contributed by atoms with Crippen molar-refractivity contribution >= 4 is 38.5 Å². The van der Waals surface area contributed by atoms with Crippen molar-refractivity contribution in [2.45, 2.75) is 6.10 Å². The van der Waals surface area contributed by atoms with Crippen LogP contribution in [0.15, 0.2) is 46.9 Å². The highest BCUT2D eigenvalue weighted by Crippen LogP contribution is 2.31. The standard InChI is InChI=1S/C14H12BrIO2/c1-18-11-4-2-3-9(7-11)14(17)12-8-10(16)5-6-13(12)15/h2-8,14,17H,1H3. The Morgan fingerprint density at radius 1 is 1.22 bits per heavy atom. The predicted molar refractivity (Wildman–Crippen MR) is 83.9 cm³/mol. The van der Waals surface area contributed by atoms with Gasteiger partial charge in [-0.1, -0.05) is 28.1 Å². The predicted octanol–water partition coefficient (Wildman–Crippen LogP) is 4.14. The van der Waals surface area contributed by atoms with Gasteiger partial charge < -0.3 is 9.84 Å². The molecule has 0 aliphatic rings. The lowest BCUT2D eigenvalue weighted by atomic mass is 10.0. The van der Waals surface area contributed by atoms with Crippen molar-refractivity contribution in [3.8, 4) is 5.75 Å². The first-order chi connectivity index (χ1) is 8.61. The summed E-state index contributed by atoms with van der Waals surface area (Å²) >= 11 is 5.70. The normalized spacial score (nSPS) is 12.2. The van der Waals surface area contributed by atoms with Crippen LogP contribution in [0.4, 0.5) is 0 Å². The van der Waals surface area contributed by atoms with Crippen molar-refractivity contribution in [2.24, 2.45) is 0 Å². The number of halogens is 2. The van der Waals surface area contributed by atoms with Crippen LogP contribution < -0.4 is 4.74 Å². The summed E-state index contributed by atoms with van der Waals surface area (Å²) in [6.45, 7) is 0. The molecule has 2 aromatic rings. The largest absolute Gasteiger partial charge is 0.497 e. The Morgan fingerprint density at radius 2 is 2.00 bits per heavy atom. The fourth-order valence-corrected chi connectivity index (χ4v) is 2.69. The molecule has 0 aliphatic carbocycles. The zero-order valence-corrected chi connectivity index (χ0v) is 13.5. The van der Waals surface area contributed by atoms with Gasteiger partial charge in [0.1, 0.15) is 11.9 Å². The summed E-state index contributed by atoms with van der Waals surface area (Å²) in [4.78, 5) is 0. The van der Waals surface area contributed by atoms with Crippen LogP contribution in [-0.2, 0) is 0 Å². The number of ether oxygens (including phenoxy) is 1. The Balaban J connectivity index is 2.40. The Bertz CT molecular complexity index is 557. The van der Waals surface area contributed by atoms with E-state index in [0.717, 1.165) is 24.9 Å². The summed E-state index contributed by atoms with van der Waals surface area (Å²) in [6.07, 6.45) is -0.663. The molecule has 0 amide bonds. The quantitative estimate of drug-likeness (QED) is 0.759. The summed E-state index contributed by atoms with van der Waals surface area (Å²) in [6, 6.07) is 13.4. The maximum absolute atomic E-state index is 10.4. The fourth-order valence-electron chi connectivity index (χ4n) is 1.72. The minimum absolute atomic E-state index is 0.663. The van der Waals surface area contributed by atoms with Gasteiger partial charge in [-0.2, -0.15) is 0 Å². The van der Waals surface area contributed by atoms with E-state index in [1.807, 2.05) is 42.5 Å². The Labute approximate surface area is 128 Å². The van der Waals surface area contributed by atoms with E-state index in [1.54, 1.807) is 7.11 Å². The third-order valence-electron chi connectivity index (χ3n) is 2.66. The topological polar surface area (TPSA) is 29.5 Å². The van der Waals surface area contributed by atoms with Crippen molar-refractivity contribution in [3.63, 3.8) is 0 Å². The van der Waals surface area contributed by atoms with Crippen LogP contribution in [0.3, 0.4) is 0 Å². The molecule has 94 valence electrons. The van der Waals surface area contributed by atoms with Crippen molar-refractivity contribution in [2.75, 3.05) is 7.11 Å². The first kappa shape index (κ1) is 13.8. The molecule has 0 aliphatic heterocycles. The lowest BCUT2D eigenvalue weighted by Crippen LogP contribution is -2.01. The first-order valence-corrected chi connectivity index (χ1v) is 7.26. The van der Waals surface area contributed by atoms with Crippen LogP contribution in [0, 0.1) is 3.57 Å². The van der Waals surface area contributed by atoms with E-state index in [-0.39, 0.29) is 0 Å². The second-order valence-electron chi connectivity index (χ2n) is 3.84. The van der Waals surface area contributed by atoms with Gasteiger partial charge in [-0.25, -0.2) is 0 Å². The van der Waals surface area contributed by atoms with Gasteiger partial charge in [0.15, 0.2) is 0 Å². The number of rotatable bonds is 3. The van der Waals surface area contributed by atoms with Gasteiger partial charge in [0.25, 0.3) is 0 Å². The third kappa shape index (κ3) is 3.05. The molecular formula is C14H12BrIO2. The van der Waals surface area contributed by atoms with E-state index in [2.05, 4.69) is 38.5 Å². The van der Waals surface area contributed by atoms with E-state index in [9.17, 15) is 5.11 Å². The SMILES string of the molecule is COc1cccc(C(O)c2cc(I)ccc2Br)c1. The number of benzene rings is 2. The van der Waals surface area contributed by atoms with Gasteiger partial charge in [-0.15, -0.1) is 0 Å². The highest BCUT2D eigenvalue weighted by atomic mass is 127. The van der Waals surface area contributed by atoms with Crippen LogP contribution in [0.1, 0.15) is 17.2 Å². The van der Waals surface area contributed by atoms with E-state index in [1.165, 1.54) is 0 Å². The van der Waals surface area contributed by atoms with Crippen LogP contribution in [0.25, 0.3) is 0 Å². The van der Waals surface area contributed by atoms with Crippen LogP contribution in [0.5, 0.6) is 5.75 Å². The van der Waals surface area contributed by atoms with Gasteiger partial charge in [-0.05, 0) is 58.5 Å². The van der Waals surface area contributed by atoms with Crippen molar-refractivity contribution in [1.29, 1.82) is 0 Å². The lowest BCUT2D eigenvalue weighted by molar-refractivity contribution is 0.219. The summed E-state index contributed by atoms with van der Waals surface area (Å²) in [5, 5.41) is 10.4. The molecule has 0 heterocycles. The van der Waals surface area contributed by atoms with E-state index in [0.29, 0.717) is 0 Å². The molecule has 18 heavy (non-hydrogen) atoms. The minimum atomic E-state index is -0.663. The molecule has 2 rings (SSSR count). The fraction of sp³-hybridized carbons (Fsp3) is 0.143. The number of hydrogen-bond acceptors (Lipinski definition) is 2. The molecule has 1 N–H and O–H groups in total. The Hall–Kier alpha value is -0.590. The monoisotopic (exact) mass is 418 g/mol. The smallest absolute Gasteiger partial charge is 0.119 e. The van der Waals surface area contributed by atoms with Crippen LogP contribution in [0.2, 0.25) is 0 Å². The number of methoxy groups -OCH3 is 1. The summed E-state index contributed by atoms with van der Waals surface area (Å²) in [7, 11) is 1.62.